The zero-order chi connectivity index (χ0) is 17.2. The Balaban J connectivity index is 1.69. The molecule has 0 aromatic carbocycles. The van der Waals surface area contributed by atoms with E-state index in [1.807, 2.05) is 6.92 Å². The van der Waals surface area contributed by atoms with Crippen molar-refractivity contribution in [2.45, 2.75) is 36.6 Å². The molecule has 0 aliphatic carbocycles. The molecule has 0 saturated carbocycles. The van der Waals surface area contributed by atoms with Gasteiger partial charge in [0.1, 0.15) is 4.21 Å². The maximum absolute atomic E-state index is 12.6. The predicted molar refractivity (Wildman–Crippen MR) is 91.5 cm³/mol. The fourth-order valence-corrected chi connectivity index (χ4v) is 5.51. The molecule has 0 spiro atoms. The first kappa shape index (κ1) is 17.1. The number of aromatic nitrogens is 2. The van der Waals surface area contributed by atoms with Crippen molar-refractivity contribution in [1.29, 1.82) is 0 Å². The van der Waals surface area contributed by atoms with Gasteiger partial charge in [-0.3, -0.25) is 4.79 Å². The third kappa shape index (κ3) is 3.38. The van der Waals surface area contributed by atoms with Gasteiger partial charge < -0.3 is 9.88 Å². The van der Waals surface area contributed by atoms with Gasteiger partial charge in [-0.05, 0) is 31.2 Å². The molecule has 7 nitrogen and oxygen atoms in total. The molecule has 1 aliphatic heterocycles. The molecule has 0 unspecified atom stereocenters. The second kappa shape index (κ2) is 7.04. The van der Waals surface area contributed by atoms with Gasteiger partial charge in [-0.25, -0.2) is 13.4 Å². The number of rotatable bonds is 5. The SMILES string of the molecule is CCn1ccnc1C(=O)N[C@@H]1CCCN(S(=O)(=O)c2cccs2)C1. The van der Waals surface area contributed by atoms with Crippen molar-refractivity contribution in [3.8, 4) is 0 Å². The Labute approximate surface area is 145 Å². The van der Waals surface area contributed by atoms with Crippen molar-refractivity contribution in [3.63, 3.8) is 0 Å². The normalized spacial score (nSPS) is 19.3. The molecule has 1 N–H and O–H groups in total. The minimum atomic E-state index is -3.47. The molecule has 2 aromatic heterocycles. The molecule has 3 heterocycles. The first-order valence-corrected chi connectivity index (χ1v) is 10.2. The van der Waals surface area contributed by atoms with Gasteiger partial charge >= 0.3 is 0 Å². The largest absolute Gasteiger partial charge is 0.345 e. The van der Waals surface area contributed by atoms with Crippen LogP contribution in [0.5, 0.6) is 0 Å². The maximum atomic E-state index is 12.6. The van der Waals surface area contributed by atoms with Crippen LogP contribution in [0, 0.1) is 0 Å². The van der Waals surface area contributed by atoms with Gasteiger partial charge in [0.25, 0.3) is 15.9 Å². The molecule has 1 atom stereocenters. The van der Waals surface area contributed by atoms with Gasteiger partial charge in [-0.1, -0.05) is 6.07 Å². The number of amides is 1. The molecular weight excluding hydrogens is 348 g/mol. The molecule has 2 aromatic rings. The lowest BCUT2D eigenvalue weighted by Gasteiger charge is -2.31. The highest BCUT2D eigenvalue weighted by molar-refractivity contribution is 7.91. The van der Waals surface area contributed by atoms with Crippen LogP contribution in [-0.2, 0) is 16.6 Å². The number of imidazole rings is 1. The summed E-state index contributed by atoms with van der Waals surface area (Å²) in [6.07, 6.45) is 4.82. The van der Waals surface area contributed by atoms with Gasteiger partial charge in [0, 0.05) is 38.1 Å². The Morgan fingerprint density at radius 2 is 2.33 bits per heavy atom. The highest BCUT2D eigenvalue weighted by atomic mass is 32.2. The van der Waals surface area contributed by atoms with Crippen molar-refractivity contribution >= 4 is 27.3 Å². The van der Waals surface area contributed by atoms with Crippen molar-refractivity contribution in [2.75, 3.05) is 13.1 Å². The van der Waals surface area contributed by atoms with Gasteiger partial charge in [0.15, 0.2) is 5.82 Å². The van der Waals surface area contributed by atoms with Gasteiger partial charge in [0.2, 0.25) is 0 Å². The van der Waals surface area contributed by atoms with Crippen LogP contribution in [0.4, 0.5) is 0 Å². The first-order chi connectivity index (χ1) is 11.5. The smallest absolute Gasteiger partial charge is 0.287 e. The average molecular weight is 368 g/mol. The van der Waals surface area contributed by atoms with Crippen LogP contribution < -0.4 is 5.32 Å². The number of carbonyl (C=O) groups is 1. The standard InChI is InChI=1S/C15H20N4O3S2/c1-2-18-9-7-16-14(18)15(20)17-12-5-3-8-19(11-12)24(21,22)13-6-4-10-23-13/h4,6-7,9-10,12H,2-3,5,8,11H2,1H3,(H,17,20)/t12-/m1/s1. The maximum Gasteiger partial charge on any atom is 0.287 e. The molecule has 130 valence electrons. The average Bonchev–Trinajstić information content (AvgIpc) is 3.26. The van der Waals surface area contributed by atoms with E-state index in [2.05, 4.69) is 10.3 Å². The van der Waals surface area contributed by atoms with Gasteiger partial charge in [-0.15, -0.1) is 11.3 Å². The Bertz CT molecular complexity index is 799. The fraction of sp³-hybridized carbons (Fsp3) is 0.467. The third-order valence-corrected chi connectivity index (χ3v) is 7.31. The number of aryl methyl sites for hydroxylation is 1. The van der Waals surface area contributed by atoms with Crippen molar-refractivity contribution < 1.29 is 13.2 Å². The summed E-state index contributed by atoms with van der Waals surface area (Å²) in [6.45, 7) is 3.37. The van der Waals surface area contributed by atoms with Crippen LogP contribution in [0.2, 0.25) is 0 Å². The Morgan fingerprint density at radius 1 is 1.50 bits per heavy atom. The number of nitrogens with one attached hydrogen (secondary N) is 1. The van der Waals surface area contributed by atoms with Crippen LogP contribution >= 0.6 is 11.3 Å². The molecule has 1 aliphatic rings. The van der Waals surface area contributed by atoms with Crippen LogP contribution in [-0.4, -0.2) is 47.3 Å². The molecular formula is C15H20N4O3S2. The summed E-state index contributed by atoms with van der Waals surface area (Å²) >= 11 is 1.21. The monoisotopic (exact) mass is 368 g/mol. The van der Waals surface area contributed by atoms with Gasteiger partial charge in [0.05, 0.1) is 0 Å². The first-order valence-electron chi connectivity index (χ1n) is 7.88. The van der Waals surface area contributed by atoms with E-state index in [-0.39, 0.29) is 11.9 Å². The van der Waals surface area contributed by atoms with E-state index in [1.165, 1.54) is 15.6 Å². The predicted octanol–water partition coefficient (Wildman–Crippen LogP) is 1.55. The Hall–Kier alpha value is -1.71. The number of hydrogen-bond acceptors (Lipinski definition) is 5. The fourth-order valence-electron chi connectivity index (χ4n) is 2.84. The molecule has 24 heavy (non-hydrogen) atoms. The molecule has 1 saturated heterocycles. The lowest BCUT2D eigenvalue weighted by molar-refractivity contribution is 0.0906. The Kier molecular flexibility index (Phi) is 5.02. The van der Waals surface area contributed by atoms with Crippen molar-refractivity contribution in [1.82, 2.24) is 19.2 Å². The van der Waals surface area contributed by atoms with Crippen molar-refractivity contribution in [2.24, 2.45) is 0 Å². The zero-order valence-electron chi connectivity index (χ0n) is 13.4. The molecule has 9 heteroatoms. The van der Waals surface area contributed by atoms with E-state index in [0.29, 0.717) is 29.7 Å². The van der Waals surface area contributed by atoms with E-state index in [9.17, 15) is 13.2 Å². The highest BCUT2D eigenvalue weighted by Crippen LogP contribution is 2.24. The van der Waals surface area contributed by atoms with E-state index in [1.54, 1.807) is 34.5 Å². The lowest BCUT2D eigenvalue weighted by Crippen LogP contribution is -2.49. The number of sulfonamides is 1. The van der Waals surface area contributed by atoms with E-state index in [0.717, 1.165) is 12.8 Å². The third-order valence-electron chi connectivity index (χ3n) is 4.07. The topological polar surface area (TPSA) is 84.3 Å². The highest BCUT2D eigenvalue weighted by Gasteiger charge is 2.32. The summed E-state index contributed by atoms with van der Waals surface area (Å²) in [5, 5.41) is 4.67. The van der Waals surface area contributed by atoms with Gasteiger partial charge in [-0.2, -0.15) is 4.31 Å². The molecule has 0 radical (unpaired) electrons. The van der Waals surface area contributed by atoms with E-state index in [4.69, 9.17) is 0 Å². The van der Waals surface area contributed by atoms with Crippen LogP contribution in [0.15, 0.2) is 34.1 Å². The molecule has 1 amide bonds. The lowest BCUT2D eigenvalue weighted by atomic mass is 10.1. The minimum absolute atomic E-state index is 0.206. The van der Waals surface area contributed by atoms with Crippen LogP contribution in [0.25, 0.3) is 0 Å². The number of hydrogen-bond donors (Lipinski definition) is 1. The second-order valence-electron chi connectivity index (χ2n) is 5.64. The Morgan fingerprint density at radius 3 is 3.04 bits per heavy atom. The number of nitrogens with zero attached hydrogens (tertiary/aromatic N) is 3. The van der Waals surface area contributed by atoms with E-state index >= 15 is 0 Å². The number of carbonyl (C=O) groups excluding carboxylic acids is 1. The van der Waals surface area contributed by atoms with Crippen LogP contribution in [0.3, 0.4) is 0 Å². The summed E-state index contributed by atoms with van der Waals surface area (Å²) in [5.41, 5.74) is 0. The number of thiophene rings is 1. The summed E-state index contributed by atoms with van der Waals surface area (Å²) in [6, 6.07) is 3.13. The van der Waals surface area contributed by atoms with E-state index < -0.39 is 10.0 Å². The zero-order valence-corrected chi connectivity index (χ0v) is 15.0. The molecule has 0 bridgehead atoms. The summed E-state index contributed by atoms with van der Waals surface area (Å²) in [5.74, 6) is 0.0953. The molecule has 1 fully saturated rings. The molecule has 3 rings (SSSR count). The quantitative estimate of drug-likeness (QED) is 0.868. The summed E-state index contributed by atoms with van der Waals surface area (Å²) in [4.78, 5) is 16.5. The number of piperidine rings is 1. The van der Waals surface area contributed by atoms with Crippen LogP contribution in [0.1, 0.15) is 30.4 Å². The van der Waals surface area contributed by atoms with Crippen molar-refractivity contribution in [3.05, 3.63) is 35.7 Å². The minimum Gasteiger partial charge on any atom is -0.345 e. The summed E-state index contributed by atoms with van der Waals surface area (Å²) < 4.78 is 28.8. The summed E-state index contributed by atoms with van der Waals surface area (Å²) in [7, 11) is -3.47. The second-order valence-corrected chi connectivity index (χ2v) is 8.76.